The van der Waals surface area contributed by atoms with Gasteiger partial charge in [-0.05, 0) is 30.5 Å². The highest BCUT2D eigenvalue weighted by Crippen LogP contribution is 2.26. The van der Waals surface area contributed by atoms with Crippen LogP contribution in [0, 0.1) is 5.92 Å². The number of hydrogen-bond donors (Lipinski definition) is 2. The van der Waals surface area contributed by atoms with Gasteiger partial charge in [-0.25, -0.2) is 0 Å². The van der Waals surface area contributed by atoms with Crippen molar-refractivity contribution in [2.45, 2.75) is 38.5 Å². The summed E-state index contributed by atoms with van der Waals surface area (Å²) in [5.41, 5.74) is 7.99. The summed E-state index contributed by atoms with van der Waals surface area (Å²) in [6.45, 7) is 0.755. The monoisotopic (exact) mass is 289 g/mol. The number of benzene rings is 1. The Morgan fingerprint density at radius 1 is 1.29 bits per heavy atom. The standard InChI is InChI=1S/C17H27N3O/c1-20(2)16-9-8-14(18)12-15(16)17(21)19-11-10-13-6-4-3-5-7-13/h8-9,12-13H,3-7,10-11,18H2,1-2H3,(H,19,21). The Bertz CT molecular complexity index is 479. The molecule has 1 saturated carbocycles. The molecule has 0 heterocycles. The maximum absolute atomic E-state index is 12.4. The van der Waals surface area contributed by atoms with Gasteiger partial charge in [-0.3, -0.25) is 4.79 Å². The topological polar surface area (TPSA) is 58.4 Å². The third kappa shape index (κ3) is 4.38. The number of carbonyl (C=O) groups excluding carboxylic acids is 1. The van der Waals surface area contributed by atoms with Gasteiger partial charge in [0.2, 0.25) is 0 Å². The molecule has 4 heteroatoms. The van der Waals surface area contributed by atoms with Crippen LogP contribution in [0.5, 0.6) is 0 Å². The quantitative estimate of drug-likeness (QED) is 0.819. The highest BCUT2D eigenvalue weighted by atomic mass is 16.1. The van der Waals surface area contributed by atoms with Gasteiger partial charge in [-0.1, -0.05) is 32.1 Å². The first kappa shape index (κ1) is 15.7. The van der Waals surface area contributed by atoms with Gasteiger partial charge in [0.15, 0.2) is 0 Å². The number of rotatable bonds is 5. The van der Waals surface area contributed by atoms with E-state index in [2.05, 4.69) is 5.32 Å². The van der Waals surface area contributed by atoms with E-state index in [4.69, 9.17) is 5.73 Å². The van der Waals surface area contributed by atoms with Crippen molar-refractivity contribution >= 4 is 17.3 Å². The van der Waals surface area contributed by atoms with E-state index in [1.807, 2.05) is 31.1 Å². The Morgan fingerprint density at radius 2 is 2.00 bits per heavy atom. The third-order valence-corrected chi connectivity index (χ3v) is 4.31. The summed E-state index contributed by atoms with van der Waals surface area (Å²) in [4.78, 5) is 14.3. The highest BCUT2D eigenvalue weighted by Gasteiger charge is 2.16. The van der Waals surface area contributed by atoms with Gasteiger partial charge >= 0.3 is 0 Å². The molecule has 0 bridgehead atoms. The second-order valence-electron chi connectivity index (χ2n) is 6.22. The van der Waals surface area contributed by atoms with Crippen LogP contribution >= 0.6 is 0 Å². The van der Waals surface area contributed by atoms with Crippen LogP contribution in [0.1, 0.15) is 48.9 Å². The van der Waals surface area contributed by atoms with Crippen LogP contribution < -0.4 is 16.0 Å². The maximum atomic E-state index is 12.4. The average Bonchev–Trinajstić information content (AvgIpc) is 2.47. The third-order valence-electron chi connectivity index (χ3n) is 4.31. The second kappa shape index (κ2) is 7.34. The molecule has 0 aliphatic heterocycles. The molecule has 0 radical (unpaired) electrons. The summed E-state index contributed by atoms with van der Waals surface area (Å²) in [6, 6.07) is 5.48. The summed E-state index contributed by atoms with van der Waals surface area (Å²) in [6.07, 6.45) is 7.79. The summed E-state index contributed by atoms with van der Waals surface area (Å²) in [7, 11) is 3.87. The lowest BCUT2D eigenvalue weighted by molar-refractivity contribution is 0.0951. The summed E-state index contributed by atoms with van der Waals surface area (Å²) in [5.74, 6) is 0.759. The molecule has 1 aromatic rings. The Balaban J connectivity index is 1.92. The van der Waals surface area contributed by atoms with Gasteiger partial charge in [0, 0.05) is 32.0 Å². The zero-order chi connectivity index (χ0) is 15.2. The van der Waals surface area contributed by atoms with Crippen molar-refractivity contribution in [2.75, 3.05) is 31.3 Å². The molecule has 1 fully saturated rings. The molecule has 1 aliphatic carbocycles. The first-order valence-electron chi connectivity index (χ1n) is 7.93. The number of nitrogens with one attached hydrogen (secondary N) is 1. The predicted octanol–water partition coefficient (Wildman–Crippen LogP) is 3.04. The van der Waals surface area contributed by atoms with Crippen molar-refractivity contribution in [1.29, 1.82) is 0 Å². The predicted molar refractivity (Wildman–Crippen MR) is 88.7 cm³/mol. The molecule has 0 unspecified atom stereocenters. The number of nitrogens with two attached hydrogens (primary N) is 1. The van der Waals surface area contributed by atoms with E-state index in [1.54, 1.807) is 6.07 Å². The molecular weight excluding hydrogens is 262 g/mol. The Labute approximate surface area is 127 Å². The molecule has 2 rings (SSSR count). The minimum atomic E-state index is -0.0261. The molecule has 0 saturated heterocycles. The SMILES string of the molecule is CN(C)c1ccc(N)cc1C(=O)NCCC1CCCCC1. The van der Waals surface area contributed by atoms with E-state index in [-0.39, 0.29) is 5.91 Å². The second-order valence-corrected chi connectivity index (χ2v) is 6.22. The number of nitrogens with zero attached hydrogens (tertiary/aromatic N) is 1. The van der Waals surface area contributed by atoms with E-state index < -0.39 is 0 Å². The van der Waals surface area contributed by atoms with E-state index in [9.17, 15) is 4.79 Å². The first-order valence-corrected chi connectivity index (χ1v) is 7.93. The van der Waals surface area contributed by atoms with E-state index in [0.29, 0.717) is 11.3 Å². The van der Waals surface area contributed by atoms with Crippen LogP contribution in [0.25, 0.3) is 0 Å². The fourth-order valence-corrected chi connectivity index (χ4v) is 3.09. The summed E-state index contributed by atoms with van der Waals surface area (Å²) < 4.78 is 0. The molecule has 0 spiro atoms. The number of amides is 1. The Morgan fingerprint density at radius 3 is 2.67 bits per heavy atom. The van der Waals surface area contributed by atoms with Crippen LogP contribution in [0.15, 0.2) is 18.2 Å². The smallest absolute Gasteiger partial charge is 0.253 e. The van der Waals surface area contributed by atoms with E-state index >= 15 is 0 Å². The summed E-state index contributed by atoms with van der Waals surface area (Å²) >= 11 is 0. The normalized spacial score (nSPS) is 15.7. The lowest BCUT2D eigenvalue weighted by Gasteiger charge is -2.22. The van der Waals surface area contributed by atoms with Gasteiger partial charge in [0.05, 0.1) is 5.56 Å². The van der Waals surface area contributed by atoms with Gasteiger partial charge in [0.25, 0.3) is 5.91 Å². The van der Waals surface area contributed by atoms with Gasteiger partial charge in [-0.2, -0.15) is 0 Å². The van der Waals surface area contributed by atoms with E-state index in [1.165, 1.54) is 32.1 Å². The van der Waals surface area contributed by atoms with Crippen LogP contribution in [0.4, 0.5) is 11.4 Å². The van der Waals surface area contributed by atoms with Gasteiger partial charge in [-0.15, -0.1) is 0 Å². The van der Waals surface area contributed by atoms with Crippen LogP contribution in [-0.2, 0) is 0 Å². The van der Waals surface area contributed by atoms with Crippen LogP contribution in [0.3, 0.4) is 0 Å². The number of hydrogen-bond acceptors (Lipinski definition) is 3. The van der Waals surface area contributed by atoms with Crippen molar-refractivity contribution in [1.82, 2.24) is 5.32 Å². The first-order chi connectivity index (χ1) is 10.1. The highest BCUT2D eigenvalue weighted by molar-refractivity contribution is 6.00. The molecular formula is C17H27N3O. The molecule has 1 aromatic carbocycles. The van der Waals surface area contributed by atoms with Gasteiger partial charge in [0.1, 0.15) is 0 Å². The van der Waals surface area contributed by atoms with Crippen molar-refractivity contribution in [2.24, 2.45) is 5.92 Å². The van der Waals surface area contributed by atoms with Crippen LogP contribution in [-0.4, -0.2) is 26.5 Å². The zero-order valence-corrected chi connectivity index (χ0v) is 13.2. The van der Waals surface area contributed by atoms with Crippen molar-refractivity contribution in [3.05, 3.63) is 23.8 Å². The number of nitrogen functional groups attached to an aromatic ring is 1. The van der Waals surface area contributed by atoms with E-state index in [0.717, 1.165) is 24.6 Å². The molecule has 4 nitrogen and oxygen atoms in total. The van der Waals surface area contributed by atoms with Crippen molar-refractivity contribution in [3.63, 3.8) is 0 Å². The van der Waals surface area contributed by atoms with Crippen LogP contribution in [0.2, 0.25) is 0 Å². The number of anilines is 2. The fourth-order valence-electron chi connectivity index (χ4n) is 3.09. The maximum Gasteiger partial charge on any atom is 0.253 e. The lowest BCUT2D eigenvalue weighted by Crippen LogP contribution is -2.28. The fraction of sp³-hybridized carbons (Fsp3) is 0.588. The van der Waals surface area contributed by atoms with Gasteiger partial charge < -0.3 is 16.0 Å². The summed E-state index contributed by atoms with van der Waals surface area (Å²) in [5, 5.41) is 3.05. The molecule has 1 aliphatic rings. The minimum Gasteiger partial charge on any atom is -0.399 e. The molecule has 116 valence electrons. The van der Waals surface area contributed by atoms with Crippen molar-refractivity contribution < 1.29 is 4.79 Å². The average molecular weight is 289 g/mol. The van der Waals surface area contributed by atoms with Crippen molar-refractivity contribution in [3.8, 4) is 0 Å². The Kier molecular flexibility index (Phi) is 5.48. The lowest BCUT2D eigenvalue weighted by atomic mass is 9.87. The largest absolute Gasteiger partial charge is 0.399 e. The molecule has 3 N–H and O–H groups in total. The molecule has 1 amide bonds. The zero-order valence-electron chi connectivity index (χ0n) is 13.2. The Hall–Kier alpha value is -1.71. The minimum absolute atomic E-state index is 0.0261. The number of carbonyl (C=O) groups is 1. The molecule has 0 atom stereocenters. The molecule has 0 aromatic heterocycles. The molecule has 21 heavy (non-hydrogen) atoms.